The lowest BCUT2D eigenvalue weighted by Gasteiger charge is -2.56. The van der Waals surface area contributed by atoms with Crippen molar-refractivity contribution in [2.24, 2.45) is 5.92 Å². The van der Waals surface area contributed by atoms with Crippen molar-refractivity contribution in [2.45, 2.75) is 35.7 Å². The van der Waals surface area contributed by atoms with E-state index in [1.54, 1.807) is 67.8 Å². The van der Waals surface area contributed by atoms with E-state index in [2.05, 4.69) is 5.32 Å². The fourth-order valence-corrected chi connectivity index (χ4v) is 8.11. The molecule has 4 bridgehead atoms. The van der Waals surface area contributed by atoms with Gasteiger partial charge in [0.15, 0.2) is 11.2 Å². The molecule has 10 heteroatoms. The zero-order chi connectivity index (χ0) is 33.7. The second-order valence-corrected chi connectivity index (χ2v) is 12.4. The molecular formula is C38H38N2O8. The number of carbonyl (C=O) groups is 2. The standard InChI is InChI=1S/C38H38N2O8/c1-45-27-18-16-26(17-19-27)37-31(24-12-6-4-7-13-24)33-35(42)40(21-11-10-20-39-34(41)25-14-8-5-9-15-25)38(37,44)36(33,43)32-29(47-3)22-28(46-2)23-30(32)48-37/h4-9,12-19,22-23,31,33,43-44H,10-11,20-21H2,1-3H3,(H,39,41)/t31-,33+,36-,37-,38-/m0/s1. The molecular weight excluding hydrogens is 612 g/mol. The van der Waals surface area contributed by atoms with Crippen LogP contribution in [0.15, 0.2) is 97.1 Å². The Morgan fingerprint density at radius 2 is 1.50 bits per heavy atom. The number of methoxy groups -OCH3 is 3. The number of benzene rings is 4. The summed E-state index contributed by atoms with van der Waals surface area (Å²) in [5.74, 6) is -1.04. The Morgan fingerprint density at radius 3 is 2.15 bits per heavy atom. The van der Waals surface area contributed by atoms with E-state index in [9.17, 15) is 19.8 Å². The van der Waals surface area contributed by atoms with Gasteiger partial charge in [-0.1, -0.05) is 60.7 Å². The number of nitrogens with zero attached hydrogens (tertiary/aromatic N) is 1. The number of likely N-dealkylation sites (tertiary alicyclic amines) is 1. The highest BCUT2D eigenvalue weighted by Gasteiger charge is 2.90. The highest BCUT2D eigenvalue weighted by molar-refractivity contribution is 5.94. The first-order chi connectivity index (χ1) is 23.3. The molecule has 4 aromatic rings. The number of carbonyl (C=O) groups excluding carboxylic acids is 2. The van der Waals surface area contributed by atoms with Crippen LogP contribution in [0.2, 0.25) is 0 Å². The molecule has 7 rings (SSSR count). The van der Waals surface area contributed by atoms with Crippen LogP contribution in [0.3, 0.4) is 0 Å². The van der Waals surface area contributed by atoms with Crippen LogP contribution < -0.4 is 24.3 Å². The lowest BCUT2D eigenvalue weighted by Crippen LogP contribution is -2.71. The number of ether oxygens (including phenoxy) is 4. The zero-order valence-electron chi connectivity index (χ0n) is 27.0. The van der Waals surface area contributed by atoms with E-state index in [-0.39, 0.29) is 29.5 Å². The van der Waals surface area contributed by atoms with Crippen molar-refractivity contribution in [1.82, 2.24) is 10.2 Å². The molecule has 2 heterocycles. The number of unbranched alkanes of at least 4 members (excludes halogenated alkanes) is 1. The first-order valence-electron chi connectivity index (χ1n) is 16.0. The van der Waals surface area contributed by atoms with Gasteiger partial charge < -0.3 is 39.4 Å². The van der Waals surface area contributed by atoms with Gasteiger partial charge in [-0.25, -0.2) is 0 Å². The van der Waals surface area contributed by atoms with Crippen molar-refractivity contribution in [3.8, 4) is 23.0 Å². The number of aliphatic hydroxyl groups is 2. The summed E-state index contributed by atoms with van der Waals surface area (Å²) in [5.41, 5.74) is -4.07. The van der Waals surface area contributed by atoms with Crippen LogP contribution in [-0.2, 0) is 16.0 Å². The van der Waals surface area contributed by atoms with Crippen molar-refractivity contribution < 1.29 is 38.7 Å². The first-order valence-corrected chi connectivity index (χ1v) is 16.0. The van der Waals surface area contributed by atoms with Gasteiger partial charge in [0.25, 0.3) is 5.91 Å². The maximum Gasteiger partial charge on any atom is 0.251 e. The Labute approximate surface area is 278 Å². The molecule has 248 valence electrons. The average molecular weight is 651 g/mol. The monoisotopic (exact) mass is 650 g/mol. The van der Waals surface area contributed by atoms with Crippen LogP contribution >= 0.6 is 0 Å². The van der Waals surface area contributed by atoms with Crippen molar-refractivity contribution in [3.63, 3.8) is 0 Å². The molecule has 2 aliphatic heterocycles. The van der Waals surface area contributed by atoms with E-state index in [4.69, 9.17) is 18.9 Å². The van der Waals surface area contributed by atoms with Gasteiger partial charge in [0.2, 0.25) is 11.6 Å². The van der Waals surface area contributed by atoms with Crippen molar-refractivity contribution >= 4 is 11.8 Å². The quantitative estimate of drug-likeness (QED) is 0.205. The molecule has 2 amide bonds. The van der Waals surface area contributed by atoms with Crippen LogP contribution in [0.5, 0.6) is 23.0 Å². The molecule has 1 saturated heterocycles. The fraction of sp³-hybridized carbons (Fsp3) is 0.316. The molecule has 10 nitrogen and oxygen atoms in total. The van der Waals surface area contributed by atoms with Crippen molar-refractivity contribution in [1.29, 1.82) is 0 Å². The highest BCUT2D eigenvalue weighted by atomic mass is 16.5. The average Bonchev–Trinajstić information content (AvgIpc) is 3.35. The Morgan fingerprint density at radius 1 is 0.833 bits per heavy atom. The van der Waals surface area contributed by atoms with Crippen LogP contribution in [0, 0.1) is 5.92 Å². The smallest absolute Gasteiger partial charge is 0.251 e. The van der Waals surface area contributed by atoms with Crippen LogP contribution in [-0.4, -0.2) is 67.1 Å². The topological polar surface area (TPSA) is 127 Å². The molecule has 3 N–H and O–H groups in total. The number of hydrogen-bond acceptors (Lipinski definition) is 8. The largest absolute Gasteiger partial charge is 0.497 e. The summed E-state index contributed by atoms with van der Waals surface area (Å²) in [4.78, 5) is 28.6. The van der Waals surface area contributed by atoms with Gasteiger partial charge in [-0.15, -0.1) is 0 Å². The zero-order valence-corrected chi connectivity index (χ0v) is 27.0. The summed E-state index contributed by atoms with van der Waals surface area (Å²) < 4.78 is 23.8. The number of amides is 2. The molecule has 1 aliphatic carbocycles. The summed E-state index contributed by atoms with van der Waals surface area (Å²) in [5, 5.41) is 29.5. The predicted molar refractivity (Wildman–Crippen MR) is 176 cm³/mol. The Balaban J connectivity index is 1.34. The van der Waals surface area contributed by atoms with Crippen LogP contribution in [0.25, 0.3) is 0 Å². The molecule has 0 radical (unpaired) electrons. The van der Waals surface area contributed by atoms with Crippen molar-refractivity contribution in [3.05, 3.63) is 119 Å². The molecule has 1 saturated carbocycles. The summed E-state index contributed by atoms with van der Waals surface area (Å²) in [6.07, 6.45) is 0.963. The van der Waals surface area contributed by atoms with Gasteiger partial charge in [0.05, 0.1) is 32.8 Å². The summed E-state index contributed by atoms with van der Waals surface area (Å²) in [7, 11) is 4.55. The molecule has 0 unspecified atom stereocenters. The predicted octanol–water partition coefficient (Wildman–Crippen LogP) is 4.34. The Kier molecular flexibility index (Phi) is 7.80. The molecule has 48 heavy (non-hydrogen) atoms. The molecule has 0 aromatic heterocycles. The van der Waals surface area contributed by atoms with Gasteiger partial charge >= 0.3 is 0 Å². The molecule has 2 fully saturated rings. The highest BCUT2D eigenvalue weighted by Crippen LogP contribution is 2.76. The Bertz CT molecular complexity index is 1840. The van der Waals surface area contributed by atoms with Crippen LogP contribution in [0.4, 0.5) is 0 Å². The van der Waals surface area contributed by atoms with Crippen LogP contribution in [0.1, 0.15) is 45.8 Å². The first kappa shape index (κ1) is 31.5. The fourth-order valence-electron chi connectivity index (χ4n) is 8.11. The molecule has 5 atom stereocenters. The second kappa shape index (κ2) is 11.9. The van der Waals surface area contributed by atoms with E-state index < -0.39 is 34.7 Å². The van der Waals surface area contributed by atoms with E-state index in [1.807, 2.05) is 36.4 Å². The molecule has 3 aliphatic rings. The minimum absolute atomic E-state index is 0.103. The number of hydrogen-bond donors (Lipinski definition) is 3. The summed E-state index contributed by atoms with van der Waals surface area (Å²) >= 11 is 0. The molecule has 0 spiro atoms. The molecule has 4 aromatic carbocycles. The third kappa shape index (κ3) is 4.25. The third-order valence-electron chi connectivity index (χ3n) is 10.1. The summed E-state index contributed by atoms with van der Waals surface area (Å²) in [6.45, 7) is 0.469. The van der Waals surface area contributed by atoms with Gasteiger partial charge in [-0.05, 0) is 42.7 Å². The van der Waals surface area contributed by atoms with Gasteiger partial charge in [0.1, 0.15) is 23.0 Å². The minimum Gasteiger partial charge on any atom is -0.497 e. The van der Waals surface area contributed by atoms with E-state index in [0.29, 0.717) is 42.0 Å². The minimum atomic E-state index is -2.28. The normalized spacial score (nSPS) is 26.4. The number of rotatable bonds is 11. The number of fused-ring (bicyclic) bond motifs is 1. The van der Waals surface area contributed by atoms with Gasteiger partial charge in [0, 0.05) is 42.3 Å². The third-order valence-corrected chi connectivity index (χ3v) is 10.1. The maximum atomic E-state index is 14.7. The summed E-state index contributed by atoms with van der Waals surface area (Å²) in [6, 6.07) is 28.7. The van der Waals surface area contributed by atoms with Crippen molar-refractivity contribution in [2.75, 3.05) is 34.4 Å². The Hall–Kier alpha value is -5.06. The second-order valence-electron chi connectivity index (χ2n) is 12.4. The number of nitrogens with one attached hydrogen (secondary N) is 1. The van der Waals surface area contributed by atoms with E-state index in [0.717, 1.165) is 5.56 Å². The van der Waals surface area contributed by atoms with Gasteiger partial charge in [-0.2, -0.15) is 0 Å². The maximum absolute atomic E-state index is 14.7. The number of piperidine rings is 1. The van der Waals surface area contributed by atoms with Gasteiger partial charge in [-0.3, -0.25) is 9.59 Å². The lowest BCUT2D eigenvalue weighted by atomic mass is 9.70. The van der Waals surface area contributed by atoms with E-state index in [1.165, 1.54) is 19.1 Å². The van der Waals surface area contributed by atoms with E-state index >= 15 is 0 Å². The SMILES string of the molecule is COc1ccc([C@@]23Oc4cc(OC)cc(OC)c4[C@]4(O)[C@@H](C(=O)N(CCCCNC(=O)c5ccccc5)[C@]42O)[C@@H]3c2ccccc2)cc1. The lowest BCUT2D eigenvalue weighted by molar-refractivity contribution is -0.279.